The van der Waals surface area contributed by atoms with Crippen LogP contribution in [0.2, 0.25) is 0 Å². The average Bonchev–Trinajstić information content (AvgIpc) is 3.53. The van der Waals surface area contributed by atoms with Crippen molar-refractivity contribution < 1.29 is 19.4 Å². The highest BCUT2D eigenvalue weighted by Crippen LogP contribution is 2.52. The van der Waals surface area contributed by atoms with Crippen molar-refractivity contribution in [3.8, 4) is 5.75 Å². The number of amides is 2. The predicted molar refractivity (Wildman–Crippen MR) is 144 cm³/mol. The van der Waals surface area contributed by atoms with E-state index in [4.69, 9.17) is 4.74 Å². The van der Waals surface area contributed by atoms with Gasteiger partial charge in [-0.25, -0.2) is 0 Å². The first kappa shape index (κ1) is 26.5. The van der Waals surface area contributed by atoms with E-state index in [9.17, 15) is 14.7 Å². The summed E-state index contributed by atoms with van der Waals surface area (Å²) >= 11 is 0. The largest absolute Gasteiger partial charge is 0.497 e. The fourth-order valence-corrected chi connectivity index (χ4v) is 7.98. The van der Waals surface area contributed by atoms with Crippen LogP contribution >= 0.6 is 0 Å². The molecule has 0 unspecified atom stereocenters. The summed E-state index contributed by atoms with van der Waals surface area (Å²) in [5.74, 6) is 2.06. The average molecular weight is 511 g/mol. The summed E-state index contributed by atoms with van der Waals surface area (Å²) in [6, 6.07) is 7.99. The van der Waals surface area contributed by atoms with Gasteiger partial charge in [0.2, 0.25) is 11.8 Å². The molecule has 4 aliphatic rings. The van der Waals surface area contributed by atoms with E-state index in [1.165, 1.54) is 32.1 Å². The van der Waals surface area contributed by atoms with Gasteiger partial charge in [-0.15, -0.1) is 0 Å². The van der Waals surface area contributed by atoms with Crippen LogP contribution in [0.15, 0.2) is 24.3 Å². The Morgan fingerprint density at radius 2 is 1.89 bits per heavy atom. The van der Waals surface area contributed by atoms with Gasteiger partial charge in [0.15, 0.2) is 0 Å². The van der Waals surface area contributed by atoms with Crippen molar-refractivity contribution in [2.75, 3.05) is 33.3 Å². The predicted octanol–water partition coefficient (Wildman–Crippen LogP) is 5.14. The van der Waals surface area contributed by atoms with E-state index in [1.807, 2.05) is 23.1 Å². The number of carbonyl (C=O) groups excluding carboxylic acids is 2. The molecule has 6 heteroatoms. The van der Waals surface area contributed by atoms with E-state index in [0.717, 1.165) is 43.4 Å². The van der Waals surface area contributed by atoms with Gasteiger partial charge in [-0.1, -0.05) is 64.0 Å². The molecule has 1 aromatic carbocycles. The Morgan fingerprint density at radius 1 is 1.14 bits per heavy atom. The Balaban J connectivity index is 1.25. The Labute approximate surface area is 222 Å². The molecule has 204 valence electrons. The lowest BCUT2D eigenvalue weighted by Crippen LogP contribution is -2.64. The standard InChI is InChI=1S/C31H46N2O4/c1-23(17-24-9-4-3-5-10-24)29(35)32-16-15-31(36,30(21-32)13-6-7-14-30)22-33-20-26(19-28(33)34)25-11-8-12-27(18-25)37-2/h8,11-12,18,23-24,26,36H,3-7,9-10,13-17,19-22H2,1-2H3/t23-,26+,31-/m1/s1. The van der Waals surface area contributed by atoms with Gasteiger partial charge in [-0.2, -0.15) is 0 Å². The first-order valence-corrected chi connectivity index (χ1v) is 14.8. The van der Waals surface area contributed by atoms with E-state index in [-0.39, 0.29) is 29.1 Å². The van der Waals surface area contributed by atoms with E-state index in [0.29, 0.717) is 44.9 Å². The summed E-state index contributed by atoms with van der Waals surface area (Å²) in [6.45, 7) is 4.35. The lowest BCUT2D eigenvalue weighted by molar-refractivity contribution is -0.167. The molecule has 2 amide bonds. The summed E-state index contributed by atoms with van der Waals surface area (Å²) in [5, 5.41) is 12.2. The minimum Gasteiger partial charge on any atom is -0.497 e. The maximum atomic E-state index is 13.5. The van der Waals surface area contributed by atoms with Gasteiger partial charge in [0, 0.05) is 43.3 Å². The lowest BCUT2D eigenvalue weighted by Gasteiger charge is -2.53. The van der Waals surface area contributed by atoms with E-state index in [2.05, 4.69) is 17.9 Å². The number of rotatable bonds is 7. The Bertz CT molecular complexity index is 968. The summed E-state index contributed by atoms with van der Waals surface area (Å²) in [7, 11) is 1.66. The monoisotopic (exact) mass is 510 g/mol. The maximum absolute atomic E-state index is 13.5. The number of hydrogen-bond donors (Lipinski definition) is 1. The second-order valence-corrected chi connectivity index (χ2v) is 12.6. The molecule has 2 aliphatic heterocycles. The molecular formula is C31H46N2O4. The van der Waals surface area contributed by atoms with Crippen LogP contribution in [0.1, 0.15) is 95.5 Å². The van der Waals surface area contributed by atoms with Crippen molar-refractivity contribution in [1.82, 2.24) is 9.80 Å². The molecule has 2 heterocycles. The number of piperidine rings is 1. The molecule has 0 bridgehead atoms. The fraction of sp³-hybridized carbons (Fsp3) is 0.742. The molecule has 6 nitrogen and oxygen atoms in total. The number of aliphatic hydroxyl groups is 1. The van der Waals surface area contributed by atoms with Crippen LogP contribution in [0.25, 0.3) is 0 Å². The summed E-state index contributed by atoms with van der Waals surface area (Å²) in [5.41, 5.74) is -0.129. The number of likely N-dealkylation sites (tertiary alicyclic amines) is 2. The quantitative estimate of drug-likeness (QED) is 0.551. The summed E-state index contributed by atoms with van der Waals surface area (Å²) in [4.78, 5) is 30.6. The van der Waals surface area contributed by atoms with Gasteiger partial charge in [-0.05, 0) is 49.3 Å². The highest BCUT2D eigenvalue weighted by molar-refractivity contribution is 5.80. The Kier molecular flexibility index (Phi) is 7.86. The second kappa shape index (κ2) is 11.0. The van der Waals surface area contributed by atoms with Crippen molar-refractivity contribution in [1.29, 1.82) is 0 Å². The van der Waals surface area contributed by atoms with Gasteiger partial charge in [0.05, 0.1) is 19.3 Å². The van der Waals surface area contributed by atoms with E-state index < -0.39 is 5.60 Å². The summed E-state index contributed by atoms with van der Waals surface area (Å²) in [6.07, 6.45) is 12.6. The number of benzene rings is 1. The molecule has 0 aromatic heterocycles. The summed E-state index contributed by atoms with van der Waals surface area (Å²) < 4.78 is 5.39. The zero-order valence-corrected chi connectivity index (χ0v) is 22.9. The molecule has 0 radical (unpaired) electrons. The molecule has 4 fully saturated rings. The zero-order chi connectivity index (χ0) is 26.0. The number of methoxy groups -OCH3 is 1. The number of nitrogens with zero attached hydrogens (tertiary/aromatic N) is 2. The molecule has 1 aromatic rings. The maximum Gasteiger partial charge on any atom is 0.225 e. The van der Waals surface area contributed by atoms with Crippen LogP contribution in [-0.2, 0) is 9.59 Å². The molecule has 37 heavy (non-hydrogen) atoms. The molecule has 2 saturated heterocycles. The van der Waals surface area contributed by atoms with E-state index in [1.54, 1.807) is 7.11 Å². The third-order valence-corrected chi connectivity index (χ3v) is 10.2. The van der Waals surface area contributed by atoms with Crippen molar-refractivity contribution >= 4 is 11.8 Å². The lowest BCUT2D eigenvalue weighted by atomic mass is 9.65. The molecule has 2 saturated carbocycles. The molecule has 3 atom stereocenters. The number of hydrogen-bond acceptors (Lipinski definition) is 4. The van der Waals surface area contributed by atoms with Crippen LogP contribution in [0.4, 0.5) is 0 Å². The Hall–Kier alpha value is -2.08. The van der Waals surface area contributed by atoms with Gasteiger partial charge in [-0.3, -0.25) is 9.59 Å². The second-order valence-electron chi connectivity index (χ2n) is 12.6. The zero-order valence-electron chi connectivity index (χ0n) is 22.9. The van der Waals surface area contributed by atoms with Gasteiger partial charge in [0.1, 0.15) is 5.75 Å². The van der Waals surface area contributed by atoms with Crippen molar-refractivity contribution in [2.45, 2.75) is 95.5 Å². The van der Waals surface area contributed by atoms with Crippen molar-refractivity contribution in [3.05, 3.63) is 29.8 Å². The van der Waals surface area contributed by atoms with Crippen LogP contribution in [-0.4, -0.2) is 65.6 Å². The molecule has 2 aliphatic carbocycles. The first-order valence-electron chi connectivity index (χ1n) is 14.8. The Morgan fingerprint density at radius 3 is 2.62 bits per heavy atom. The highest BCUT2D eigenvalue weighted by Gasteiger charge is 2.57. The van der Waals surface area contributed by atoms with Crippen molar-refractivity contribution in [2.24, 2.45) is 17.3 Å². The number of carbonyl (C=O) groups is 2. The van der Waals surface area contributed by atoms with Crippen LogP contribution in [0.3, 0.4) is 0 Å². The smallest absolute Gasteiger partial charge is 0.225 e. The van der Waals surface area contributed by atoms with Gasteiger partial charge >= 0.3 is 0 Å². The van der Waals surface area contributed by atoms with E-state index >= 15 is 0 Å². The topological polar surface area (TPSA) is 70.1 Å². The first-order chi connectivity index (χ1) is 17.8. The third kappa shape index (κ3) is 5.41. The fourth-order valence-electron chi connectivity index (χ4n) is 7.98. The van der Waals surface area contributed by atoms with Gasteiger partial charge < -0.3 is 19.6 Å². The molecule has 1 N–H and O–H groups in total. The SMILES string of the molecule is COc1cccc([C@H]2CC(=O)N(C[C@]3(O)CCN(C(=O)[C@H](C)CC4CCCCC4)CC34CCCC4)C2)c1. The third-order valence-electron chi connectivity index (χ3n) is 10.2. The molecule has 5 rings (SSSR count). The normalized spacial score (nSPS) is 29.2. The number of β-amino-alcohol motifs (C(OH)–C–C–N with tert-alkyl or cyclic N) is 1. The minimum absolute atomic E-state index is 0.0523. The minimum atomic E-state index is -0.939. The highest BCUT2D eigenvalue weighted by atomic mass is 16.5. The van der Waals surface area contributed by atoms with Crippen molar-refractivity contribution in [3.63, 3.8) is 0 Å². The molecule has 1 spiro atoms. The molecular weight excluding hydrogens is 464 g/mol. The van der Waals surface area contributed by atoms with Gasteiger partial charge in [0.25, 0.3) is 0 Å². The van der Waals surface area contributed by atoms with Crippen LogP contribution in [0, 0.1) is 17.3 Å². The number of ether oxygens (including phenoxy) is 1. The van der Waals surface area contributed by atoms with Crippen LogP contribution < -0.4 is 4.74 Å². The van der Waals surface area contributed by atoms with Crippen LogP contribution in [0.5, 0.6) is 5.75 Å².